The average Bonchev–Trinajstić information content (AvgIpc) is 2.30. The number of hydrogen-bond donors (Lipinski definition) is 0. The van der Waals surface area contributed by atoms with Crippen molar-refractivity contribution in [2.45, 2.75) is 27.2 Å². The third-order valence-corrected chi connectivity index (χ3v) is 3.87. The summed E-state index contributed by atoms with van der Waals surface area (Å²) < 4.78 is 16.6. The summed E-state index contributed by atoms with van der Waals surface area (Å²) >= 11 is 0. The van der Waals surface area contributed by atoms with Gasteiger partial charge < -0.3 is 4.74 Å². The molecule has 76 valence electrons. The molecule has 0 saturated carbocycles. The number of rotatable bonds is 3. The van der Waals surface area contributed by atoms with Crippen LogP contribution in [0.15, 0.2) is 11.8 Å². The molecule has 1 saturated heterocycles. The van der Waals surface area contributed by atoms with Gasteiger partial charge in [0.15, 0.2) is 0 Å². The highest BCUT2D eigenvalue weighted by atomic mass is 32.2. The van der Waals surface area contributed by atoms with Gasteiger partial charge in [0.2, 0.25) is 0 Å². The molecule has 0 N–H and O–H groups in total. The molecule has 0 spiro atoms. The van der Waals surface area contributed by atoms with Crippen LogP contribution in [0.5, 0.6) is 0 Å². The second-order valence-electron chi connectivity index (χ2n) is 4.36. The quantitative estimate of drug-likeness (QED) is 0.655. The molecule has 0 amide bonds. The molecule has 1 heterocycles. The highest BCUT2D eigenvalue weighted by Gasteiger charge is 2.33. The number of ether oxygens (including phenoxy) is 1. The predicted octanol–water partition coefficient (Wildman–Crippen LogP) is 2.09. The van der Waals surface area contributed by atoms with Crippen molar-refractivity contribution in [3.05, 3.63) is 11.8 Å². The zero-order valence-corrected chi connectivity index (χ0v) is 9.45. The van der Waals surface area contributed by atoms with Crippen molar-refractivity contribution in [1.82, 2.24) is 0 Å². The molecule has 2 nitrogen and oxygen atoms in total. The molecule has 2 atom stereocenters. The molecular weight excluding hydrogens is 184 g/mol. The van der Waals surface area contributed by atoms with E-state index in [2.05, 4.69) is 6.92 Å². The third kappa shape index (κ3) is 3.51. The predicted molar refractivity (Wildman–Crippen MR) is 56.0 cm³/mol. The molecule has 1 fully saturated rings. The van der Waals surface area contributed by atoms with Crippen LogP contribution in [0.3, 0.4) is 0 Å². The van der Waals surface area contributed by atoms with Crippen LogP contribution in [0.1, 0.15) is 27.2 Å². The zero-order valence-electron chi connectivity index (χ0n) is 8.63. The van der Waals surface area contributed by atoms with Gasteiger partial charge in [-0.15, -0.1) is 0 Å². The molecule has 1 rings (SSSR count). The molecule has 3 heteroatoms. The van der Waals surface area contributed by atoms with E-state index >= 15 is 0 Å². The first-order valence-corrected chi connectivity index (χ1v) is 6.11. The highest BCUT2D eigenvalue weighted by molar-refractivity contribution is 7.85. The first-order chi connectivity index (χ1) is 6.02. The molecule has 1 aliphatic heterocycles. The maximum atomic E-state index is 11.2. The zero-order chi connectivity index (χ0) is 9.90. The smallest absolute Gasteiger partial charge is 0.0935 e. The van der Waals surface area contributed by atoms with Crippen molar-refractivity contribution in [3.63, 3.8) is 0 Å². The van der Waals surface area contributed by atoms with Crippen LogP contribution in [-0.4, -0.2) is 22.3 Å². The van der Waals surface area contributed by atoms with Gasteiger partial charge in [-0.1, -0.05) is 6.92 Å². The molecule has 1 aliphatic rings. The van der Waals surface area contributed by atoms with Crippen LogP contribution in [0.25, 0.3) is 0 Å². The van der Waals surface area contributed by atoms with Crippen molar-refractivity contribution < 1.29 is 8.95 Å². The van der Waals surface area contributed by atoms with Crippen LogP contribution in [-0.2, 0) is 15.5 Å². The van der Waals surface area contributed by atoms with E-state index in [1.807, 2.05) is 13.8 Å². The molecule has 13 heavy (non-hydrogen) atoms. The first-order valence-electron chi connectivity index (χ1n) is 4.62. The Balaban J connectivity index is 2.36. The summed E-state index contributed by atoms with van der Waals surface area (Å²) in [5.74, 6) is 1.64. The van der Waals surface area contributed by atoms with Crippen LogP contribution >= 0.6 is 0 Å². The minimum atomic E-state index is -0.607. The minimum absolute atomic E-state index is 0.136. The molecule has 0 aromatic heterocycles. The second kappa shape index (κ2) is 4.27. The minimum Gasteiger partial charge on any atom is -0.501 e. The summed E-state index contributed by atoms with van der Waals surface area (Å²) in [4.78, 5) is 0. The van der Waals surface area contributed by atoms with E-state index in [0.717, 1.165) is 17.9 Å². The summed E-state index contributed by atoms with van der Waals surface area (Å²) in [5.41, 5.74) is 1.30. The summed E-state index contributed by atoms with van der Waals surface area (Å²) in [5, 5.41) is 0. The van der Waals surface area contributed by atoms with E-state index in [9.17, 15) is 4.21 Å². The van der Waals surface area contributed by atoms with Gasteiger partial charge in [0.25, 0.3) is 0 Å². The van der Waals surface area contributed by atoms with Gasteiger partial charge >= 0.3 is 0 Å². The normalized spacial score (nSPS) is 33.0. The fourth-order valence-corrected chi connectivity index (χ4v) is 3.29. The monoisotopic (exact) mass is 202 g/mol. The molecule has 0 bridgehead atoms. The second-order valence-corrected chi connectivity index (χ2v) is 5.93. The van der Waals surface area contributed by atoms with E-state index in [1.54, 1.807) is 6.26 Å². The van der Waals surface area contributed by atoms with E-state index in [1.165, 1.54) is 5.57 Å². The largest absolute Gasteiger partial charge is 0.501 e. The van der Waals surface area contributed by atoms with E-state index in [0.29, 0.717) is 6.61 Å². The topological polar surface area (TPSA) is 26.3 Å². The molecule has 0 radical (unpaired) electrons. The van der Waals surface area contributed by atoms with E-state index in [-0.39, 0.29) is 5.41 Å². The number of hydrogen-bond acceptors (Lipinski definition) is 2. The van der Waals surface area contributed by atoms with E-state index < -0.39 is 10.8 Å². The summed E-state index contributed by atoms with van der Waals surface area (Å²) in [7, 11) is -0.607. The lowest BCUT2D eigenvalue weighted by atomic mass is 9.92. The van der Waals surface area contributed by atoms with Gasteiger partial charge in [-0.3, -0.25) is 4.21 Å². The standard InChI is InChI=1S/C10H18O2S/c1-9(2)6-12-7-10(3)4-5-13(11)8-10/h6H,4-5,7-8H2,1-3H3. The lowest BCUT2D eigenvalue weighted by molar-refractivity contribution is 0.141. The molecule has 0 aromatic carbocycles. The lowest BCUT2D eigenvalue weighted by Crippen LogP contribution is -2.22. The Hall–Kier alpha value is -0.310. The third-order valence-electron chi connectivity index (χ3n) is 2.19. The Morgan fingerprint density at radius 2 is 2.31 bits per heavy atom. The Morgan fingerprint density at radius 3 is 2.77 bits per heavy atom. The van der Waals surface area contributed by atoms with Crippen molar-refractivity contribution >= 4 is 10.8 Å². The van der Waals surface area contributed by atoms with Gasteiger partial charge in [0.1, 0.15) is 0 Å². The maximum Gasteiger partial charge on any atom is 0.0935 e. The number of allylic oxidation sites excluding steroid dienone is 1. The molecule has 0 aliphatic carbocycles. The van der Waals surface area contributed by atoms with Crippen LogP contribution in [0, 0.1) is 5.41 Å². The maximum absolute atomic E-state index is 11.2. The van der Waals surface area contributed by atoms with Gasteiger partial charge in [-0.25, -0.2) is 0 Å². The van der Waals surface area contributed by atoms with Gasteiger partial charge in [0, 0.05) is 27.7 Å². The Kier molecular flexibility index (Phi) is 3.54. The summed E-state index contributed by atoms with van der Waals surface area (Å²) in [6.07, 6.45) is 2.81. The Bertz CT molecular complexity index is 231. The highest BCUT2D eigenvalue weighted by Crippen LogP contribution is 2.29. The van der Waals surface area contributed by atoms with Crippen LogP contribution in [0.2, 0.25) is 0 Å². The van der Waals surface area contributed by atoms with Crippen LogP contribution in [0.4, 0.5) is 0 Å². The van der Waals surface area contributed by atoms with Crippen molar-refractivity contribution in [2.75, 3.05) is 18.1 Å². The van der Waals surface area contributed by atoms with E-state index in [4.69, 9.17) is 4.74 Å². The van der Waals surface area contributed by atoms with Crippen molar-refractivity contribution in [3.8, 4) is 0 Å². The van der Waals surface area contributed by atoms with Gasteiger partial charge in [0.05, 0.1) is 12.9 Å². The summed E-state index contributed by atoms with van der Waals surface area (Å²) in [6, 6.07) is 0. The van der Waals surface area contributed by atoms with Crippen molar-refractivity contribution in [1.29, 1.82) is 0 Å². The molecular formula is C10H18O2S. The fraction of sp³-hybridized carbons (Fsp3) is 0.800. The molecule has 2 unspecified atom stereocenters. The Labute approximate surface area is 82.8 Å². The Morgan fingerprint density at radius 1 is 1.62 bits per heavy atom. The average molecular weight is 202 g/mol. The SMILES string of the molecule is CC(C)=COCC1(C)CCS(=O)C1. The van der Waals surface area contributed by atoms with Crippen LogP contribution < -0.4 is 0 Å². The fourth-order valence-electron chi connectivity index (χ4n) is 1.42. The molecule has 0 aromatic rings. The van der Waals surface area contributed by atoms with Gasteiger partial charge in [-0.2, -0.15) is 0 Å². The van der Waals surface area contributed by atoms with Crippen molar-refractivity contribution in [2.24, 2.45) is 5.41 Å². The lowest BCUT2D eigenvalue weighted by Gasteiger charge is -2.20. The first kappa shape index (κ1) is 10.8. The van der Waals surface area contributed by atoms with Gasteiger partial charge in [-0.05, 0) is 25.8 Å². The summed E-state index contributed by atoms with van der Waals surface area (Å²) in [6.45, 7) is 6.87.